The van der Waals surface area contributed by atoms with Gasteiger partial charge in [0.2, 0.25) is 0 Å². The van der Waals surface area contributed by atoms with E-state index in [1.165, 1.54) is 4.90 Å². The lowest BCUT2D eigenvalue weighted by Gasteiger charge is -2.34. The molecular formula is C12H22N2O4. The van der Waals surface area contributed by atoms with Crippen molar-refractivity contribution in [2.45, 2.75) is 26.2 Å². The molecule has 104 valence electrons. The van der Waals surface area contributed by atoms with Crippen LogP contribution < -0.4 is 5.32 Å². The summed E-state index contributed by atoms with van der Waals surface area (Å²) < 4.78 is 5.30. The van der Waals surface area contributed by atoms with Gasteiger partial charge in [-0.3, -0.25) is 4.79 Å². The fourth-order valence-electron chi connectivity index (χ4n) is 1.83. The Morgan fingerprint density at radius 3 is 2.56 bits per heavy atom. The predicted octanol–water partition coefficient (Wildman–Crippen LogP) is 0.919. The standard InChI is InChI=1S/C12H22N2O4/c1-12(4-7-18-8-5-12)9-13-11(17)14(2)6-3-10(15)16/h3-9H2,1-2H3,(H,13,17)(H,15,16). The number of carboxylic acids is 1. The summed E-state index contributed by atoms with van der Waals surface area (Å²) in [5.74, 6) is -0.897. The van der Waals surface area contributed by atoms with Gasteiger partial charge < -0.3 is 20.1 Å². The molecule has 1 saturated heterocycles. The molecule has 0 unspecified atom stereocenters. The van der Waals surface area contributed by atoms with Gasteiger partial charge in [0.15, 0.2) is 0 Å². The second kappa shape index (κ2) is 6.58. The van der Waals surface area contributed by atoms with Gasteiger partial charge in [-0.2, -0.15) is 0 Å². The monoisotopic (exact) mass is 258 g/mol. The Balaban J connectivity index is 2.28. The van der Waals surface area contributed by atoms with E-state index in [1.54, 1.807) is 7.05 Å². The number of hydrogen-bond donors (Lipinski definition) is 2. The highest BCUT2D eigenvalue weighted by atomic mass is 16.5. The zero-order valence-corrected chi connectivity index (χ0v) is 11.1. The Hall–Kier alpha value is -1.30. The average molecular weight is 258 g/mol. The van der Waals surface area contributed by atoms with E-state index in [1.807, 2.05) is 0 Å². The van der Waals surface area contributed by atoms with Gasteiger partial charge in [-0.15, -0.1) is 0 Å². The second-order valence-electron chi connectivity index (χ2n) is 5.15. The van der Waals surface area contributed by atoms with Gasteiger partial charge >= 0.3 is 12.0 Å². The Bertz CT molecular complexity index is 300. The second-order valence-corrected chi connectivity index (χ2v) is 5.15. The van der Waals surface area contributed by atoms with Crippen LogP contribution in [-0.4, -0.2) is 55.4 Å². The summed E-state index contributed by atoms with van der Waals surface area (Å²) in [6.07, 6.45) is 1.84. The molecule has 0 aromatic heterocycles. The quantitative estimate of drug-likeness (QED) is 0.768. The lowest BCUT2D eigenvalue weighted by molar-refractivity contribution is -0.137. The highest BCUT2D eigenvalue weighted by Crippen LogP contribution is 2.28. The number of urea groups is 1. The van der Waals surface area contributed by atoms with Crippen molar-refractivity contribution in [2.75, 3.05) is 33.4 Å². The van der Waals surface area contributed by atoms with Crippen molar-refractivity contribution in [1.82, 2.24) is 10.2 Å². The normalized spacial score (nSPS) is 18.1. The van der Waals surface area contributed by atoms with Crippen molar-refractivity contribution in [3.8, 4) is 0 Å². The molecule has 0 saturated carbocycles. The molecule has 2 N–H and O–H groups in total. The molecule has 0 aliphatic carbocycles. The topological polar surface area (TPSA) is 78.9 Å². The van der Waals surface area contributed by atoms with Crippen LogP contribution in [0.3, 0.4) is 0 Å². The summed E-state index contributed by atoms with van der Waals surface area (Å²) in [4.78, 5) is 23.5. The lowest BCUT2D eigenvalue weighted by Crippen LogP contribution is -2.44. The Kier molecular flexibility index (Phi) is 5.40. The molecule has 6 nitrogen and oxygen atoms in total. The van der Waals surface area contributed by atoms with Gasteiger partial charge in [0, 0.05) is 33.4 Å². The van der Waals surface area contributed by atoms with E-state index in [0.717, 1.165) is 26.1 Å². The number of rotatable bonds is 5. The number of carboxylic acid groups (broad SMARTS) is 1. The third-order valence-electron chi connectivity index (χ3n) is 3.37. The first-order valence-corrected chi connectivity index (χ1v) is 6.21. The molecule has 0 atom stereocenters. The largest absolute Gasteiger partial charge is 0.481 e. The number of nitrogens with zero attached hydrogens (tertiary/aromatic N) is 1. The highest BCUT2D eigenvalue weighted by molar-refractivity contribution is 5.75. The molecule has 0 aromatic rings. The van der Waals surface area contributed by atoms with E-state index < -0.39 is 5.97 Å². The molecule has 2 amide bonds. The van der Waals surface area contributed by atoms with Gasteiger partial charge in [0.05, 0.1) is 6.42 Å². The summed E-state index contributed by atoms with van der Waals surface area (Å²) in [6, 6.07) is -0.219. The number of ether oxygens (including phenoxy) is 1. The molecular weight excluding hydrogens is 236 g/mol. The number of amides is 2. The van der Waals surface area contributed by atoms with E-state index in [-0.39, 0.29) is 24.4 Å². The van der Waals surface area contributed by atoms with E-state index in [2.05, 4.69) is 12.2 Å². The molecule has 6 heteroatoms. The van der Waals surface area contributed by atoms with Crippen molar-refractivity contribution < 1.29 is 19.4 Å². The first-order chi connectivity index (χ1) is 8.43. The van der Waals surface area contributed by atoms with Crippen LogP contribution in [0.15, 0.2) is 0 Å². The zero-order chi connectivity index (χ0) is 13.6. The van der Waals surface area contributed by atoms with Crippen LogP contribution in [-0.2, 0) is 9.53 Å². The Labute approximate surface area is 107 Å². The van der Waals surface area contributed by atoms with Crippen LogP contribution in [0.25, 0.3) is 0 Å². The maximum atomic E-state index is 11.7. The first-order valence-electron chi connectivity index (χ1n) is 6.21. The summed E-state index contributed by atoms with van der Waals surface area (Å²) in [7, 11) is 1.60. The summed E-state index contributed by atoms with van der Waals surface area (Å²) in [5.41, 5.74) is 0.0849. The minimum Gasteiger partial charge on any atom is -0.481 e. The van der Waals surface area contributed by atoms with E-state index >= 15 is 0 Å². The van der Waals surface area contributed by atoms with Gasteiger partial charge in [-0.05, 0) is 18.3 Å². The van der Waals surface area contributed by atoms with Crippen LogP contribution in [0.4, 0.5) is 4.79 Å². The van der Waals surface area contributed by atoms with E-state index in [0.29, 0.717) is 6.54 Å². The molecule has 1 aliphatic heterocycles. The van der Waals surface area contributed by atoms with Crippen molar-refractivity contribution in [3.05, 3.63) is 0 Å². The van der Waals surface area contributed by atoms with Crippen molar-refractivity contribution in [3.63, 3.8) is 0 Å². The zero-order valence-electron chi connectivity index (χ0n) is 11.1. The fraction of sp³-hybridized carbons (Fsp3) is 0.833. The van der Waals surface area contributed by atoms with Gasteiger partial charge in [0.1, 0.15) is 0 Å². The van der Waals surface area contributed by atoms with E-state index in [4.69, 9.17) is 9.84 Å². The van der Waals surface area contributed by atoms with Crippen LogP contribution >= 0.6 is 0 Å². The van der Waals surface area contributed by atoms with Crippen LogP contribution in [0.1, 0.15) is 26.2 Å². The number of carbonyl (C=O) groups is 2. The smallest absolute Gasteiger partial charge is 0.317 e. The number of nitrogens with one attached hydrogen (secondary N) is 1. The highest BCUT2D eigenvalue weighted by Gasteiger charge is 2.28. The first kappa shape index (κ1) is 14.8. The van der Waals surface area contributed by atoms with Crippen molar-refractivity contribution in [1.29, 1.82) is 0 Å². The molecule has 0 radical (unpaired) electrons. The van der Waals surface area contributed by atoms with Gasteiger partial charge in [0.25, 0.3) is 0 Å². The molecule has 0 bridgehead atoms. The molecule has 0 aromatic carbocycles. The van der Waals surface area contributed by atoms with Gasteiger partial charge in [-0.1, -0.05) is 6.92 Å². The van der Waals surface area contributed by atoms with Crippen molar-refractivity contribution >= 4 is 12.0 Å². The van der Waals surface area contributed by atoms with Crippen LogP contribution in [0.2, 0.25) is 0 Å². The fourth-order valence-corrected chi connectivity index (χ4v) is 1.83. The number of carbonyl (C=O) groups excluding carboxylic acids is 1. The van der Waals surface area contributed by atoms with E-state index in [9.17, 15) is 9.59 Å². The maximum absolute atomic E-state index is 11.7. The third kappa shape index (κ3) is 4.91. The number of aliphatic carboxylic acids is 1. The van der Waals surface area contributed by atoms with Gasteiger partial charge in [-0.25, -0.2) is 4.79 Å². The SMILES string of the molecule is CN(CCC(=O)O)C(=O)NCC1(C)CCOCC1. The number of hydrogen-bond acceptors (Lipinski definition) is 3. The minimum atomic E-state index is -0.897. The molecule has 1 heterocycles. The summed E-state index contributed by atoms with van der Waals surface area (Å²) in [5, 5.41) is 11.4. The summed E-state index contributed by atoms with van der Waals surface area (Å²) in [6.45, 7) is 4.43. The van der Waals surface area contributed by atoms with Crippen LogP contribution in [0, 0.1) is 5.41 Å². The molecule has 1 fully saturated rings. The van der Waals surface area contributed by atoms with Crippen molar-refractivity contribution in [2.24, 2.45) is 5.41 Å². The lowest BCUT2D eigenvalue weighted by atomic mass is 9.82. The maximum Gasteiger partial charge on any atom is 0.317 e. The minimum absolute atomic E-state index is 0.0327. The Morgan fingerprint density at radius 1 is 1.39 bits per heavy atom. The predicted molar refractivity (Wildman–Crippen MR) is 66.4 cm³/mol. The van der Waals surface area contributed by atoms with Crippen LogP contribution in [0.5, 0.6) is 0 Å². The third-order valence-corrected chi connectivity index (χ3v) is 3.37. The molecule has 18 heavy (non-hydrogen) atoms. The average Bonchev–Trinajstić information content (AvgIpc) is 2.34. The Morgan fingerprint density at radius 2 is 2.00 bits per heavy atom. The summed E-state index contributed by atoms with van der Waals surface area (Å²) >= 11 is 0. The molecule has 1 rings (SSSR count). The molecule has 0 spiro atoms. The molecule has 1 aliphatic rings.